The molecule has 2 aromatic carbocycles. The van der Waals surface area contributed by atoms with Gasteiger partial charge in [-0.3, -0.25) is 10.1 Å². The van der Waals surface area contributed by atoms with Crippen molar-refractivity contribution in [3.63, 3.8) is 0 Å². The molecule has 0 bridgehead atoms. The smallest absolute Gasteiger partial charge is 0.321 e. The molecule has 2 aromatic rings. The SMILES string of the molecule is C[C@@]1(c2ccccc2)CC[C@H](c2ccccc2)N[C@H]1C(=O)O. The average molecular weight is 295 g/mol. The fraction of sp³-hybridized carbons (Fsp3) is 0.316. The number of carboxylic acid groups (broad SMARTS) is 1. The fourth-order valence-corrected chi connectivity index (χ4v) is 3.48. The van der Waals surface area contributed by atoms with E-state index in [1.165, 1.54) is 0 Å². The van der Waals surface area contributed by atoms with Crippen molar-refractivity contribution in [1.29, 1.82) is 0 Å². The van der Waals surface area contributed by atoms with Gasteiger partial charge in [0.2, 0.25) is 0 Å². The van der Waals surface area contributed by atoms with Crippen LogP contribution in [0.25, 0.3) is 0 Å². The van der Waals surface area contributed by atoms with Crippen molar-refractivity contribution in [2.45, 2.75) is 37.3 Å². The van der Waals surface area contributed by atoms with Crippen LogP contribution in [0, 0.1) is 0 Å². The number of nitrogens with one attached hydrogen (secondary N) is 1. The van der Waals surface area contributed by atoms with E-state index in [9.17, 15) is 9.90 Å². The highest BCUT2D eigenvalue weighted by atomic mass is 16.4. The minimum absolute atomic E-state index is 0.0964. The maximum absolute atomic E-state index is 11.9. The summed E-state index contributed by atoms with van der Waals surface area (Å²) in [5.74, 6) is -0.785. The predicted molar refractivity (Wildman–Crippen MR) is 86.8 cm³/mol. The minimum Gasteiger partial charge on any atom is -0.480 e. The van der Waals surface area contributed by atoms with E-state index in [1.54, 1.807) is 0 Å². The van der Waals surface area contributed by atoms with Crippen LogP contribution in [0.5, 0.6) is 0 Å². The van der Waals surface area contributed by atoms with Crippen molar-refractivity contribution in [3.8, 4) is 0 Å². The van der Waals surface area contributed by atoms with E-state index in [1.807, 2.05) is 48.5 Å². The molecule has 0 aromatic heterocycles. The largest absolute Gasteiger partial charge is 0.480 e. The van der Waals surface area contributed by atoms with E-state index in [0.29, 0.717) is 0 Å². The van der Waals surface area contributed by atoms with Gasteiger partial charge >= 0.3 is 5.97 Å². The highest BCUT2D eigenvalue weighted by Crippen LogP contribution is 2.40. The Morgan fingerprint density at radius 3 is 2.27 bits per heavy atom. The minimum atomic E-state index is -0.785. The Morgan fingerprint density at radius 1 is 1.09 bits per heavy atom. The lowest BCUT2D eigenvalue weighted by atomic mass is 9.68. The molecule has 3 heteroatoms. The van der Waals surface area contributed by atoms with E-state index in [4.69, 9.17) is 0 Å². The van der Waals surface area contributed by atoms with Gasteiger partial charge in [-0.1, -0.05) is 67.6 Å². The van der Waals surface area contributed by atoms with Crippen LogP contribution in [0.2, 0.25) is 0 Å². The average Bonchev–Trinajstić information content (AvgIpc) is 2.56. The molecule has 2 N–H and O–H groups in total. The molecule has 1 heterocycles. The second-order valence-electron chi connectivity index (χ2n) is 6.22. The molecule has 1 aliphatic rings. The number of carbonyl (C=O) groups is 1. The predicted octanol–water partition coefficient (Wildman–Crippen LogP) is 3.52. The van der Waals surface area contributed by atoms with Gasteiger partial charge in [-0.15, -0.1) is 0 Å². The van der Waals surface area contributed by atoms with Gasteiger partial charge < -0.3 is 5.11 Å². The van der Waals surface area contributed by atoms with E-state index in [2.05, 4.69) is 24.4 Å². The van der Waals surface area contributed by atoms with Crippen LogP contribution in [0.1, 0.15) is 36.9 Å². The van der Waals surface area contributed by atoms with Gasteiger partial charge in [0.1, 0.15) is 6.04 Å². The molecule has 0 saturated carbocycles. The second-order valence-corrected chi connectivity index (χ2v) is 6.22. The van der Waals surface area contributed by atoms with Gasteiger partial charge in [0, 0.05) is 11.5 Å². The number of hydrogen-bond acceptors (Lipinski definition) is 2. The Labute approximate surface area is 131 Å². The van der Waals surface area contributed by atoms with Gasteiger partial charge in [0.05, 0.1) is 0 Å². The molecule has 3 rings (SSSR count). The molecule has 22 heavy (non-hydrogen) atoms. The van der Waals surface area contributed by atoms with E-state index in [-0.39, 0.29) is 6.04 Å². The summed E-state index contributed by atoms with van der Waals surface area (Å²) >= 11 is 0. The molecule has 1 fully saturated rings. The molecular formula is C19H21NO2. The number of benzene rings is 2. The molecule has 3 nitrogen and oxygen atoms in total. The lowest BCUT2D eigenvalue weighted by Crippen LogP contribution is -2.56. The van der Waals surface area contributed by atoms with Crippen LogP contribution in [0.3, 0.4) is 0 Å². The summed E-state index contributed by atoms with van der Waals surface area (Å²) in [4.78, 5) is 11.9. The summed E-state index contributed by atoms with van der Waals surface area (Å²) < 4.78 is 0. The van der Waals surface area contributed by atoms with Crippen molar-refractivity contribution < 1.29 is 9.90 Å². The Morgan fingerprint density at radius 2 is 1.68 bits per heavy atom. The maximum Gasteiger partial charge on any atom is 0.321 e. The first kappa shape index (κ1) is 14.8. The van der Waals surface area contributed by atoms with E-state index < -0.39 is 17.4 Å². The first-order valence-corrected chi connectivity index (χ1v) is 7.70. The molecule has 0 unspecified atom stereocenters. The molecule has 1 saturated heterocycles. The van der Waals surface area contributed by atoms with Crippen molar-refractivity contribution in [3.05, 3.63) is 71.8 Å². The normalized spacial score (nSPS) is 28.2. The zero-order chi connectivity index (χ0) is 15.6. The van der Waals surface area contributed by atoms with Crippen molar-refractivity contribution in [2.24, 2.45) is 0 Å². The Bertz CT molecular complexity index is 641. The molecule has 3 atom stereocenters. The molecule has 114 valence electrons. The van der Waals surface area contributed by atoms with Gasteiger partial charge in [0.15, 0.2) is 0 Å². The number of aliphatic carboxylic acids is 1. The van der Waals surface area contributed by atoms with Crippen LogP contribution in [-0.4, -0.2) is 17.1 Å². The van der Waals surface area contributed by atoms with E-state index >= 15 is 0 Å². The summed E-state index contributed by atoms with van der Waals surface area (Å²) in [7, 11) is 0. The lowest BCUT2D eigenvalue weighted by Gasteiger charge is -2.43. The summed E-state index contributed by atoms with van der Waals surface area (Å²) in [6, 6.07) is 19.6. The van der Waals surface area contributed by atoms with Crippen molar-refractivity contribution >= 4 is 5.97 Å². The lowest BCUT2D eigenvalue weighted by molar-refractivity contribution is -0.142. The van der Waals surface area contributed by atoms with Crippen molar-refractivity contribution in [1.82, 2.24) is 5.32 Å². The first-order valence-electron chi connectivity index (χ1n) is 7.70. The van der Waals surface area contributed by atoms with Gasteiger partial charge in [-0.25, -0.2) is 0 Å². The molecule has 0 amide bonds. The number of piperidine rings is 1. The van der Waals surface area contributed by atoms with Crippen LogP contribution in [0.15, 0.2) is 60.7 Å². The third kappa shape index (κ3) is 2.64. The van der Waals surface area contributed by atoms with Crippen molar-refractivity contribution in [2.75, 3.05) is 0 Å². The summed E-state index contributed by atoms with van der Waals surface area (Å²) in [6.45, 7) is 2.05. The first-order chi connectivity index (χ1) is 10.6. The molecule has 1 aliphatic heterocycles. The number of carboxylic acids is 1. The van der Waals surface area contributed by atoms with Crippen LogP contribution in [-0.2, 0) is 10.2 Å². The summed E-state index contributed by atoms with van der Waals surface area (Å²) in [6.07, 6.45) is 1.78. The van der Waals surface area contributed by atoms with Gasteiger partial charge in [-0.05, 0) is 24.0 Å². The highest BCUT2D eigenvalue weighted by molar-refractivity contribution is 5.76. The topological polar surface area (TPSA) is 49.3 Å². The molecule has 0 radical (unpaired) electrons. The number of hydrogen-bond donors (Lipinski definition) is 2. The Kier molecular flexibility index (Phi) is 3.99. The van der Waals surface area contributed by atoms with Gasteiger partial charge in [-0.2, -0.15) is 0 Å². The molecular weight excluding hydrogens is 274 g/mol. The van der Waals surface area contributed by atoms with E-state index in [0.717, 1.165) is 24.0 Å². The fourth-order valence-electron chi connectivity index (χ4n) is 3.48. The highest BCUT2D eigenvalue weighted by Gasteiger charge is 2.45. The standard InChI is InChI=1S/C19H21NO2/c1-19(15-10-6-3-7-11-15)13-12-16(20-17(19)18(21)22)14-8-4-2-5-9-14/h2-11,16-17,20H,12-13H2,1H3,(H,21,22)/t16-,17+,19+/m1/s1. The van der Waals surface area contributed by atoms with Gasteiger partial charge in [0.25, 0.3) is 0 Å². The monoisotopic (exact) mass is 295 g/mol. The third-order valence-corrected chi connectivity index (χ3v) is 4.84. The Hall–Kier alpha value is -2.13. The maximum atomic E-state index is 11.9. The second kappa shape index (κ2) is 5.93. The third-order valence-electron chi connectivity index (χ3n) is 4.84. The van der Waals surface area contributed by atoms with Crippen LogP contribution < -0.4 is 5.32 Å². The summed E-state index contributed by atoms with van der Waals surface area (Å²) in [5.41, 5.74) is 1.85. The Balaban J connectivity index is 1.91. The molecule has 0 spiro atoms. The zero-order valence-corrected chi connectivity index (χ0v) is 12.7. The number of rotatable bonds is 3. The molecule has 0 aliphatic carbocycles. The quantitative estimate of drug-likeness (QED) is 0.911. The van der Waals surface area contributed by atoms with Crippen LogP contribution in [0.4, 0.5) is 0 Å². The summed E-state index contributed by atoms with van der Waals surface area (Å²) in [5, 5.41) is 13.1. The van der Waals surface area contributed by atoms with Crippen LogP contribution >= 0.6 is 0 Å². The zero-order valence-electron chi connectivity index (χ0n) is 12.7.